The van der Waals surface area contributed by atoms with Crippen LogP contribution in [0.15, 0.2) is 42.5 Å². The van der Waals surface area contributed by atoms with Crippen molar-refractivity contribution in [3.8, 4) is 5.69 Å². The Morgan fingerprint density at radius 3 is 2.70 bits per heavy atom. The highest BCUT2D eigenvalue weighted by molar-refractivity contribution is 6.30. The first-order valence-electron chi connectivity index (χ1n) is 6.14. The van der Waals surface area contributed by atoms with Crippen LogP contribution in [-0.4, -0.2) is 9.55 Å². The van der Waals surface area contributed by atoms with Gasteiger partial charge in [0.2, 0.25) is 0 Å². The molecule has 102 valence electrons. The molecule has 0 radical (unpaired) electrons. The molecule has 20 heavy (non-hydrogen) atoms. The van der Waals surface area contributed by atoms with Gasteiger partial charge in [0.1, 0.15) is 11.6 Å². The van der Waals surface area contributed by atoms with Gasteiger partial charge < -0.3 is 0 Å². The molecular formula is C15H11Cl2FN2. The van der Waals surface area contributed by atoms with Gasteiger partial charge in [-0.05, 0) is 37.3 Å². The summed E-state index contributed by atoms with van der Waals surface area (Å²) in [5.41, 5.74) is 2.19. The van der Waals surface area contributed by atoms with E-state index in [2.05, 4.69) is 4.98 Å². The van der Waals surface area contributed by atoms with Crippen LogP contribution in [0.4, 0.5) is 4.39 Å². The van der Waals surface area contributed by atoms with E-state index in [0.29, 0.717) is 21.9 Å². The monoisotopic (exact) mass is 308 g/mol. The molecule has 5 heteroatoms. The standard InChI is InChI=1S/C15H11Cl2FN2/c1-9(16)15-19-13-6-5-11(18)8-14(13)20(15)12-4-2-3-10(17)7-12/h2-9H,1H3. The first-order chi connectivity index (χ1) is 9.56. The summed E-state index contributed by atoms with van der Waals surface area (Å²) in [4.78, 5) is 4.48. The maximum Gasteiger partial charge on any atom is 0.132 e. The maximum absolute atomic E-state index is 13.5. The highest BCUT2D eigenvalue weighted by Gasteiger charge is 2.16. The van der Waals surface area contributed by atoms with Gasteiger partial charge in [0.05, 0.1) is 16.4 Å². The second-order valence-electron chi connectivity index (χ2n) is 4.53. The fourth-order valence-electron chi connectivity index (χ4n) is 2.22. The van der Waals surface area contributed by atoms with Gasteiger partial charge in [0.15, 0.2) is 0 Å². The fourth-order valence-corrected chi connectivity index (χ4v) is 2.55. The van der Waals surface area contributed by atoms with E-state index in [9.17, 15) is 4.39 Å². The van der Waals surface area contributed by atoms with Crippen LogP contribution < -0.4 is 0 Å². The van der Waals surface area contributed by atoms with E-state index in [1.165, 1.54) is 12.1 Å². The Labute approximate surface area is 125 Å². The van der Waals surface area contributed by atoms with Crippen molar-refractivity contribution in [2.75, 3.05) is 0 Å². The molecule has 0 aliphatic heterocycles. The van der Waals surface area contributed by atoms with Gasteiger partial charge in [0.25, 0.3) is 0 Å². The molecule has 1 aromatic heterocycles. The summed E-state index contributed by atoms with van der Waals surface area (Å²) < 4.78 is 15.4. The summed E-state index contributed by atoms with van der Waals surface area (Å²) in [6.07, 6.45) is 0. The van der Waals surface area contributed by atoms with Gasteiger partial charge in [-0.2, -0.15) is 0 Å². The van der Waals surface area contributed by atoms with Crippen LogP contribution >= 0.6 is 23.2 Å². The topological polar surface area (TPSA) is 17.8 Å². The number of nitrogens with zero attached hydrogens (tertiary/aromatic N) is 2. The third-order valence-electron chi connectivity index (χ3n) is 3.06. The van der Waals surface area contributed by atoms with Gasteiger partial charge >= 0.3 is 0 Å². The maximum atomic E-state index is 13.5. The molecule has 0 saturated carbocycles. The third kappa shape index (κ3) is 2.28. The average Bonchev–Trinajstić information content (AvgIpc) is 2.77. The van der Waals surface area contributed by atoms with Crippen LogP contribution in [-0.2, 0) is 0 Å². The first kappa shape index (κ1) is 13.4. The van der Waals surface area contributed by atoms with Crippen LogP contribution in [0.3, 0.4) is 0 Å². The Balaban J connectivity index is 2.36. The van der Waals surface area contributed by atoms with Crippen molar-refractivity contribution < 1.29 is 4.39 Å². The Bertz CT molecular complexity index is 781. The van der Waals surface area contributed by atoms with Crippen molar-refractivity contribution in [1.82, 2.24) is 9.55 Å². The molecule has 0 aliphatic rings. The lowest BCUT2D eigenvalue weighted by molar-refractivity contribution is 0.629. The molecule has 0 saturated heterocycles. The Morgan fingerprint density at radius 2 is 2.00 bits per heavy atom. The molecule has 0 spiro atoms. The number of halogens is 3. The van der Waals surface area contributed by atoms with Crippen molar-refractivity contribution >= 4 is 34.2 Å². The quantitative estimate of drug-likeness (QED) is 0.601. The van der Waals surface area contributed by atoms with Crippen molar-refractivity contribution in [1.29, 1.82) is 0 Å². The molecule has 2 aromatic carbocycles. The van der Waals surface area contributed by atoms with Gasteiger partial charge in [-0.3, -0.25) is 4.57 Å². The molecule has 0 bridgehead atoms. The lowest BCUT2D eigenvalue weighted by Crippen LogP contribution is -2.01. The number of imidazole rings is 1. The molecule has 3 rings (SSSR count). The first-order valence-corrected chi connectivity index (χ1v) is 6.95. The summed E-state index contributed by atoms with van der Waals surface area (Å²) in [6, 6.07) is 11.8. The Morgan fingerprint density at radius 1 is 1.20 bits per heavy atom. The number of fused-ring (bicyclic) bond motifs is 1. The summed E-state index contributed by atoms with van der Waals surface area (Å²) in [7, 11) is 0. The summed E-state index contributed by atoms with van der Waals surface area (Å²) in [6.45, 7) is 1.83. The smallest absolute Gasteiger partial charge is 0.132 e. The fraction of sp³-hybridized carbons (Fsp3) is 0.133. The van der Waals surface area contributed by atoms with Gasteiger partial charge in [-0.15, -0.1) is 11.6 Å². The minimum absolute atomic E-state index is 0.301. The van der Waals surface area contributed by atoms with E-state index in [4.69, 9.17) is 23.2 Å². The molecule has 0 amide bonds. The summed E-state index contributed by atoms with van der Waals surface area (Å²) in [5.74, 6) is 0.351. The number of hydrogen-bond acceptors (Lipinski definition) is 1. The van der Waals surface area contributed by atoms with Gasteiger partial charge in [-0.25, -0.2) is 9.37 Å². The Kier molecular flexibility index (Phi) is 3.40. The van der Waals surface area contributed by atoms with E-state index in [1.54, 1.807) is 18.2 Å². The highest BCUT2D eigenvalue weighted by Crippen LogP contribution is 2.29. The second-order valence-corrected chi connectivity index (χ2v) is 5.63. The summed E-state index contributed by atoms with van der Waals surface area (Å²) >= 11 is 12.2. The van der Waals surface area contributed by atoms with Crippen LogP contribution in [0.25, 0.3) is 16.7 Å². The largest absolute Gasteiger partial charge is 0.295 e. The van der Waals surface area contributed by atoms with Gasteiger partial charge in [0, 0.05) is 16.8 Å². The minimum Gasteiger partial charge on any atom is -0.295 e. The van der Waals surface area contributed by atoms with Crippen molar-refractivity contribution in [2.24, 2.45) is 0 Å². The molecule has 2 nitrogen and oxygen atoms in total. The van der Waals surface area contributed by atoms with Crippen molar-refractivity contribution in [3.05, 3.63) is 59.1 Å². The molecule has 0 fully saturated rings. The lowest BCUT2D eigenvalue weighted by atomic mass is 10.2. The zero-order valence-corrected chi connectivity index (χ0v) is 12.2. The lowest BCUT2D eigenvalue weighted by Gasteiger charge is -2.10. The number of benzene rings is 2. The number of rotatable bonds is 2. The summed E-state index contributed by atoms with van der Waals surface area (Å²) in [5, 5.41) is 0.304. The predicted molar refractivity (Wildman–Crippen MR) is 80.3 cm³/mol. The van der Waals surface area contributed by atoms with Crippen molar-refractivity contribution in [3.63, 3.8) is 0 Å². The molecular weight excluding hydrogens is 298 g/mol. The minimum atomic E-state index is -0.311. The molecule has 1 unspecified atom stereocenters. The van der Waals surface area contributed by atoms with Crippen LogP contribution in [0.1, 0.15) is 18.1 Å². The van der Waals surface area contributed by atoms with Crippen molar-refractivity contribution in [2.45, 2.75) is 12.3 Å². The van der Waals surface area contributed by atoms with E-state index in [-0.39, 0.29) is 11.2 Å². The normalized spacial score (nSPS) is 12.8. The van der Waals surface area contributed by atoms with Crippen LogP contribution in [0.5, 0.6) is 0 Å². The van der Waals surface area contributed by atoms with Gasteiger partial charge in [-0.1, -0.05) is 17.7 Å². The molecule has 0 aliphatic carbocycles. The highest BCUT2D eigenvalue weighted by atomic mass is 35.5. The van der Waals surface area contributed by atoms with E-state index < -0.39 is 0 Å². The number of alkyl halides is 1. The molecule has 0 N–H and O–H groups in total. The SMILES string of the molecule is CC(Cl)c1nc2ccc(F)cc2n1-c1cccc(Cl)c1. The van der Waals surface area contributed by atoms with E-state index in [1.807, 2.05) is 23.6 Å². The predicted octanol–water partition coefficient (Wildman–Crippen LogP) is 5.12. The van der Waals surface area contributed by atoms with E-state index in [0.717, 1.165) is 5.69 Å². The molecule has 3 aromatic rings. The number of hydrogen-bond donors (Lipinski definition) is 0. The zero-order chi connectivity index (χ0) is 14.3. The molecule has 1 heterocycles. The van der Waals surface area contributed by atoms with Crippen LogP contribution in [0.2, 0.25) is 5.02 Å². The third-order valence-corrected chi connectivity index (χ3v) is 3.49. The molecule has 1 atom stereocenters. The zero-order valence-electron chi connectivity index (χ0n) is 10.6. The second kappa shape index (κ2) is 5.08. The average molecular weight is 309 g/mol. The number of aromatic nitrogens is 2. The van der Waals surface area contributed by atoms with Crippen LogP contribution in [0, 0.1) is 5.82 Å². The van der Waals surface area contributed by atoms with E-state index >= 15 is 0 Å². The Hall–Kier alpha value is -1.58.